The van der Waals surface area contributed by atoms with E-state index in [1.54, 1.807) is 0 Å². The van der Waals surface area contributed by atoms with E-state index in [9.17, 15) is 4.79 Å². The van der Waals surface area contributed by atoms with Crippen molar-refractivity contribution in [3.05, 3.63) is 0 Å². The van der Waals surface area contributed by atoms with Crippen LogP contribution in [0.3, 0.4) is 0 Å². The number of carbonyl (C=O) groups is 1. The van der Waals surface area contributed by atoms with Crippen molar-refractivity contribution < 1.29 is 4.79 Å². The maximum atomic E-state index is 10.9. The van der Waals surface area contributed by atoms with Gasteiger partial charge in [0.15, 0.2) is 0 Å². The minimum Gasteiger partial charge on any atom is -0.303 e. The monoisotopic (exact) mass is 306 g/mol. The first-order valence-electron chi connectivity index (χ1n) is 10.3. The summed E-state index contributed by atoms with van der Waals surface area (Å²) in [6.45, 7) is 2.34. The van der Waals surface area contributed by atoms with Gasteiger partial charge in [-0.3, -0.25) is 0 Å². The highest BCUT2D eigenvalue weighted by Gasteiger charge is 2.22. The molecule has 2 aliphatic carbocycles. The molecule has 0 aromatic heterocycles. The average Bonchev–Trinajstić information content (AvgIpc) is 2.55. The van der Waals surface area contributed by atoms with Gasteiger partial charge in [0.05, 0.1) is 0 Å². The van der Waals surface area contributed by atoms with Crippen molar-refractivity contribution in [3.8, 4) is 0 Å². The molecule has 2 rings (SSSR count). The molecule has 22 heavy (non-hydrogen) atoms. The number of aldehydes is 1. The SMILES string of the molecule is CCCC1CCCC(CCCCCC2CCCC(C=O)C2)C1. The van der Waals surface area contributed by atoms with Crippen molar-refractivity contribution in [3.63, 3.8) is 0 Å². The molecule has 0 aliphatic heterocycles. The summed E-state index contributed by atoms with van der Waals surface area (Å²) in [5, 5.41) is 0. The Labute approximate surface area is 138 Å². The molecule has 0 heterocycles. The molecule has 0 bridgehead atoms. The smallest absolute Gasteiger partial charge is 0.123 e. The summed E-state index contributed by atoms with van der Waals surface area (Å²) in [5.41, 5.74) is 0. The van der Waals surface area contributed by atoms with Crippen molar-refractivity contribution in [2.24, 2.45) is 23.7 Å². The quantitative estimate of drug-likeness (QED) is 0.349. The molecule has 128 valence electrons. The highest BCUT2D eigenvalue weighted by atomic mass is 16.1. The molecule has 0 N–H and O–H groups in total. The Bertz CT molecular complexity index is 296. The lowest BCUT2D eigenvalue weighted by atomic mass is 9.77. The van der Waals surface area contributed by atoms with E-state index in [1.807, 2.05) is 0 Å². The van der Waals surface area contributed by atoms with Crippen LogP contribution in [-0.2, 0) is 4.79 Å². The number of hydrogen-bond donors (Lipinski definition) is 0. The summed E-state index contributed by atoms with van der Waals surface area (Å²) in [6.07, 6.45) is 22.2. The summed E-state index contributed by atoms with van der Waals surface area (Å²) in [6, 6.07) is 0. The number of hydrogen-bond acceptors (Lipinski definition) is 1. The van der Waals surface area contributed by atoms with Gasteiger partial charge in [-0.2, -0.15) is 0 Å². The fraction of sp³-hybridized carbons (Fsp3) is 0.952. The van der Waals surface area contributed by atoms with Gasteiger partial charge in [0, 0.05) is 5.92 Å². The van der Waals surface area contributed by atoms with Gasteiger partial charge in [-0.1, -0.05) is 84.0 Å². The van der Waals surface area contributed by atoms with Gasteiger partial charge in [0.2, 0.25) is 0 Å². The largest absolute Gasteiger partial charge is 0.303 e. The Morgan fingerprint density at radius 3 is 2.00 bits per heavy atom. The molecule has 4 atom stereocenters. The van der Waals surface area contributed by atoms with Crippen molar-refractivity contribution >= 4 is 6.29 Å². The molecule has 2 saturated carbocycles. The third-order valence-corrected chi connectivity index (χ3v) is 6.33. The maximum Gasteiger partial charge on any atom is 0.123 e. The third kappa shape index (κ3) is 6.42. The van der Waals surface area contributed by atoms with E-state index in [1.165, 1.54) is 96.2 Å². The van der Waals surface area contributed by atoms with Crippen molar-refractivity contribution in [1.29, 1.82) is 0 Å². The van der Waals surface area contributed by atoms with Crippen LogP contribution in [0.2, 0.25) is 0 Å². The Morgan fingerprint density at radius 1 is 0.773 bits per heavy atom. The van der Waals surface area contributed by atoms with Crippen LogP contribution in [0, 0.1) is 23.7 Å². The standard InChI is InChI=1S/C21H38O/c1-2-8-18-11-6-12-19(15-18)9-4-3-5-10-20-13-7-14-21(16-20)17-22/h17-21H,2-16H2,1H3. The normalized spacial score (nSPS) is 32.8. The maximum absolute atomic E-state index is 10.9. The second kappa shape index (κ2) is 10.4. The van der Waals surface area contributed by atoms with Crippen LogP contribution in [0.5, 0.6) is 0 Å². The second-order valence-electron chi connectivity index (χ2n) is 8.25. The molecule has 4 unspecified atom stereocenters. The minimum atomic E-state index is 0.386. The van der Waals surface area contributed by atoms with Crippen molar-refractivity contribution in [1.82, 2.24) is 0 Å². The molecular formula is C21H38O. The van der Waals surface area contributed by atoms with Gasteiger partial charge in [-0.25, -0.2) is 0 Å². The Morgan fingerprint density at radius 2 is 1.36 bits per heavy atom. The highest BCUT2D eigenvalue weighted by Crippen LogP contribution is 2.35. The van der Waals surface area contributed by atoms with Crippen LogP contribution in [0.25, 0.3) is 0 Å². The molecule has 1 heteroatoms. The Kier molecular flexibility index (Phi) is 8.55. The second-order valence-corrected chi connectivity index (χ2v) is 8.25. The minimum absolute atomic E-state index is 0.386. The third-order valence-electron chi connectivity index (χ3n) is 6.33. The van der Waals surface area contributed by atoms with Crippen molar-refractivity contribution in [2.75, 3.05) is 0 Å². The van der Waals surface area contributed by atoms with E-state index < -0.39 is 0 Å². The van der Waals surface area contributed by atoms with Crippen LogP contribution >= 0.6 is 0 Å². The molecular weight excluding hydrogens is 268 g/mol. The molecule has 0 aromatic rings. The lowest BCUT2D eigenvalue weighted by Gasteiger charge is -2.29. The van der Waals surface area contributed by atoms with E-state index in [0.717, 1.165) is 24.2 Å². The fourth-order valence-electron chi connectivity index (χ4n) is 5.10. The van der Waals surface area contributed by atoms with Crippen LogP contribution in [-0.4, -0.2) is 6.29 Å². The Hall–Kier alpha value is -0.330. The topological polar surface area (TPSA) is 17.1 Å². The highest BCUT2D eigenvalue weighted by molar-refractivity contribution is 5.53. The lowest BCUT2D eigenvalue weighted by Crippen LogP contribution is -2.16. The number of rotatable bonds is 9. The van der Waals surface area contributed by atoms with Gasteiger partial charge >= 0.3 is 0 Å². The molecule has 2 aliphatic rings. The zero-order valence-corrected chi connectivity index (χ0v) is 14.9. The molecule has 0 spiro atoms. The van der Waals surface area contributed by atoms with E-state index in [0.29, 0.717) is 5.92 Å². The van der Waals surface area contributed by atoms with Gasteiger partial charge in [0.1, 0.15) is 6.29 Å². The summed E-state index contributed by atoms with van der Waals surface area (Å²) >= 11 is 0. The number of carbonyl (C=O) groups excluding carboxylic acids is 1. The first-order valence-corrected chi connectivity index (χ1v) is 10.3. The van der Waals surface area contributed by atoms with Crippen LogP contribution in [0.15, 0.2) is 0 Å². The molecule has 0 radical (unpaired) electrons. The van der Waals surface area contributed by atoms with Gasteiger partial charge < -0.3 is 4.79 Å². The summed E-state index contributed by atoms with van der Waals surface area (Å²) in [5.74, 6) is 3.33. The van der Waals surface area contributed by atoms with Gasteiger partial charge in [0.25, 0.3) is 0 Å². The first kappa shape index (κ1) is 18.0. The predicted octanol–water partition coefficient (Wildman–Crippen LogP) is 6.55. The zero-order valence-electron chi connectivity index (χ0n) is 14.9. The zero-order chi connectivity index (χ0) is 15.6. The van der Waals surface area contributed by atoms with Gasteiger partial charge in [-0.15, -0.1) is 0 Å². The van der Waals surface area contributed by atoms with E-state index >= 15 is 0 Å². The molecule has 2 fully saturated rings. The predicted molar refractivity (Wildman–Crippen MR) is 95.0 cm³/mol. The molecule has 1 nitrogen and oxygen atoms in total. The Balaban J connectivity index is 1.51. The van der Waals surface area contributed by atoms with Crippen LogP contribution in [0.1, 0.15) is 103 Å². The average molecular weight is 307 g/mol. The van der Waals surface area contributed by atoms with E-state index in [-0.39, 0.29) is 0 Å². The van der Waals surface area contributed by atoms with E-state index in [4.69, 9.17) is 0 Å². The summed E-state index contributed by atoms with van der Waals surface area (Å²) in [4.78, 5) is 10.9. The number of unbranched alkanes of at least 4 members (excludes halogenated alkanes) is 2. The van der Waals surface area contributed by atoms with Crippen LogP contribution in [0.4, 0.5) is 0 Å². The van der Waals surface area contributed by atoms with E-state index in [2.05, 4.69) is 6.92 Å². The first-order chi connectivity index (χ1) is 10.8. The summed E-state index contributed by atoms with van der Waals surface area (Å²) < 4.78 is 0. The lowest BCUT2D eigenvalue weighted by molar-refractivity contribution is -0.112. The molecule has 0 saturated heterocycles. The molecule has 0 amide bonds. The van der Waals surface area contributed by atoms with Crippen LogP contribution < -0.4 is 0 Å². The molecule has 0 aromatic carbocycles. The fourth-order valence-corrected chi connectivity index (χ4v) is 5.10. The van der Waals surface area contributed by atoms with Crippen molar-refractivity contribution in [2.45, 2.75) is 103 Å². The summed E-state index contributed by atoms with van der Waals surface area (Å²) in [7, 11) is 0. The van der Waals surface area contributed by atoms with Gasteiger partial charge in [-0.05, 0) is 37.0 Å².